The van der Waals surface area contributed by atoms with E-state index in [1.54, 1.807) is 39.8 Å². The molecule has 33 heavy (non-hydrogen) atoms. The highest BCUT2D eigenvalue weighted by Crippen LogP contribution is 2.42. The van der Waals surface area contributed by atoms with Crippen molar-refractivity contribution in [3.63, 3.8) is 0 Å². The minimum atomic E-state index is -4.74. The molecule has 0 bridgehead atoms. The fourth-order valence-electron chi connectivity index (χ4n) is 4.10. The lowest BCUT2D eigenvalue weighted by Gasteiger charge is -2.43. The third kappa shape index (κ3) is 4.64. The quantitative estimate of drug-likeness (QED) is 0.545. The summed E-state index contributed by atoms with van der Waals surface area (Å²) in [5, 5.41) is 8.95. The second kappa shape index (κ2) is 8.31. The second-order valence-corrected chi connectivity index (χ2v) is 8.92. The zero-order chi connectivity index (χ0) is 24.8. The van der Waals surface area contributed by atoms with Crippen LogP contribution < -0.4 is 4.74 Å². The van der Waals surface area contributed by atoms with Crippen molar-refractivity contribution in [3.8, 4) is 17.6 Å². The molecular formula is C25H24F3NO4. The number of nitrogens with zero attached hydrogens (tertiary/aromatic N) is 1. The number of hydrogen-bond acceptors (Lipinski definition) is 5. The molecule has 0 N–H and O–H groups in total. The molecule has 1 fully saturated rings. The Balaban J connectivity index is 2.11. The molecule has 1 aliphatic rings. The lowest BCUT2D eigenvalue weighted by Crippen LogP contribution is -2.58. The summed E-state index contributed by atoms with van der Waals surface area (Å²) in [6.07, 6.45) is -4.24. The van der Waals surface area contributed by atoms with Crippen LogP contribution in [0.1, 0.15) is 62.8 Å². The summed E-state index contributed by atoms with van der Waals surface area (Å²) in [5.41, 5.74) is -2.60. The van der Waals surface area contributed by atoms with E-state index in [0.717, 1.165) is 6.07 Å². The van der Waals surface area contributed by atoms with Crippen molar-refractivity contribution < 1.29 is 32.2 Å². The van der Waals surface area contributed by atoms with Crippen LogP contribution in [0.5, 0.6) is 11.5 Å². The molecular weight excluding hydrogens is 435 g/mol. The van der Waals surface area contributed by atoms with Gasteiger partial charge in [0.05, 0.1) is 17.2 Å². The van der Waals surface area contributed by atoms with Crippen LogP contribution in [0.3, 0.4) is 0 Å². The molecule has 0 amide bonds. The highest BCUT2D eigenvalue weighted by molar-refractivity contribution is 6.15. The number of ketones is 2. The SMILES string of the molecule is CCc1ccc(Oc2ccc(C#N)cc2C(F)(F)F)cc1C1C(=O)C(C)(C)OC(C)(C)C1=O. The van der Waals surface area contributed by atoms with Gasteiger partial charge in [0.2, 0.25) is 0 Å². The summed E-state index contributed by atoms with van der Waals surface area (Å²) < 4.78 is 51.9. The molecule has 0 atom stereocenters. The van der Waals surface area contributed by atoms with Gasteiger partial charge in [-0.1, -0.05) is 13.0 Å². The van der Waals surface area contributed by atoms with Crippen LogP contribution in [0.4, 0.5) is 13.2 Å². The minimum Gasteiger partial charge on any atom is -0.457 e. The molecule has 0 aromatic heterocycles. The first-order valence-electron chi connectivity index (χ1n) is 10.4. The van der Waals surface area contributed by atoms with E-state index in [2.05, 4.69) is 0 Å². The third-order valence-electron chi connectivity index (χ3n) is 5.67. The number of Topliss-reactive ketones (excluding diaryl/α,β-unsaturated/α-hetero) is 2. The maximum absolute atomic E-state index is 13.5. The normalized spacial score (nSPS) is 18.2. The molecule has 0 saturated carbocycles. The van der Waals surface area contributed by atoms with Crippen LogP contribution in [-0.4, -0.2) is 22.8 Å². The smallest absolute Gasteiger partial charge is 0.420 e. The lowest BCUT2D eigenvalue weighted by atomic mass is 9.73. The van der Waals surface area contributed by atoms with Crippen molar-refractivity contribution in [1.29, 1.82) is 5.26 Å². The van der Waals surface area contributed by atoms with Gasteiger partial charge in [-0.3, -0.25) is 9.59 Å². The van der Waals surface area contributed by atoms with E-state index in [1.165, 1.54) is 18.2 Å². The van der Waals surface area contributed by atoms with Crippen molar-refractivity contribution in [2.24, 2.45) is 0 Å². The second-order valence-electron chi connectivity index (χ2n) is 8.92. The molecule has 0 unspecified atom stereocenters. The van der Waals surface area contributed by atoms with Crippen molar-refractivity contribution in [1.82, 2.24) is 0 Å². The standard InChI is InChI=1S/C25H24F3NO4/c1-6-15-8-9-16(32-19-10-7-14(13-29)11-18(19)25(26,27)28)12-17(15)20-21(30)23(2,3)33-24(4,5)22(20)31/h7-12,20H,6H2,1-5H3. The predicted molar refractivity (Wildman–Crippen MR) is 114 cm³/mol. The van der Waals surface area contributed by atoms with Crippen LogP contribution >= 0.6 is 0 Å². The van der Waals surface area contributed by atoms with Crippen LogP contribution in [0, 0.1) is 11.3 Å². The van der Waals surface area contributed by atoms with Crippen LogP contribution in [0.25, 0.3) is 0 Å². The average Bonchev–Trinajstić information content (AvgIpc) is 2.72. The Morgan fingerprint density at radius 2 is 1.64 bits per heavy atom. The Hall–Kier alpha value is -3.18. The van der Waals surface area contributed by atoms with E-state index in [9.17, 15) is 22.8 Å². The Kier molecular flexibility index (Phi) is 6.16. The number of alkyl halides is 3. The monoisotopic (exact) mass is 459 g/mol. The molecule has 5 nitrogen and oxygen atoms in total. The Bertz CT molecular complexity index is 1130. The first kappa shape index (κ1) is 24.5. The molecule has 1 heterocycles. The van der Waals surface area contributed by atoms with E-state index in [-0.39, 0.29) is 11.3 Å². The van der Waals surface area contributed by atoms with Gasteiger partial charge in [0.1, 0.15) is 28.6 Å². The molecule has 2 aromatic carbocycles. The van der Waals surface area contributed by atoms with E-state index >= 15 is 0 Å². The van der Waals surface area contributed by atoms with Gasteiger partial charge in [-0.25, -0.2) is 0 Å². The fraction of sp³-hybridized carbons (Fsp3) is 0.400. The molecule has 0 aliphatic carbocycles. The zero-order valence-electron chi connectivity index (χ0n) is 19.0. The van der Waals surface area contributed by atoms with Gasteiger partial charge in [0, 0.05) is 0 Å². The first-order valence-corrected chi connectivity index (χ1v) is 10.4. The molecule has 3 rings (SSSR count). The molecule has 0 radical (unpaired) electrons. The van der Waals surface area contributed by atoms with Crippen molar-refractivity contribution >= 4 is 11.6 Å². The number of carbonyl (C=O) groups is 2. The maximum atomic E-state index is 13.5. The van der Waals surface area contributed by atoms with Crippen LogP contribution in [0.2, 0.25) is 0 Å². The largest absolute Gasteiger partial charge is 0.457 e. The average molecular weight is 459 g/mol. The van der Waals surface area contributed by atoms with Crippen molar-refractivity contribution in [2.75, 3.05) is 0 Å². The van der Waals surface area contributed by atoms with Gasteiger partial charge in [-0.05, 0) is 75.6 Å². The number of rotatable bonds is 4. The fourth-order valence-corrected chi connectivity index (χ4v) is 4.10. The molecule has 1 saturated heterocycles. The van der Waals surface area contributed by atoms with E-state index in [1.807, 2.05) is 6.92 Å². The van der Waals surface area contributed by atoms with E-state index < -0.39 is 46.2 Å². The lowest BCUT2D eigenvalue weighted by molar-refractivity contribution is -0.184. The molecule has 8 heteroatoms. The molecule has 0 spiro atoms. The summed E-state index contributed by atoms with van der Waals surface area (Å²) in [4.78, 5) is 26.3. The Labute approximate surface area is 190 Å². The number of benzene rings is 2. The molecule has 1 aliphatic heterocycles. The van der Waals surface area contributed by atoms with E-state index in [0.29, 0.717) is 23.6 Å². The number of hydrogen-bond donors (Lipinski definition) is 0. The van der Waals surface area contributed by atoms with Crippen molar-refractivity contribution in [3.05, 3.63) is 58.7 Å². The predicted octanol–water partition coefficient (Wildman–Crippen LogP) is 5.74. The van der Waals surface area contributed by atoms with Gasteiger partial charge in [-0.15, -0.1) is 0 Å². The summed E-state index contributed by atoms with van der Waals surface area (Å²) >= 11 is 0. The van der Waals surface area contributed by atoms with Gasteiger partial charge in [0.15, 0.2) is 11.6 Å². The van der Waals surface area contributed by atoms with Gasteiger partial charge in [-0.2, -0.15) is 18.4 Å². The molecule has 174 valence electrons. The summed E-state index contributed by atoms with van der Waals surface area (Å²) in [6, 6.07) is 9.26. The number of carbonyl (C=O) groups excluding carboxylic acids is 2. The topological polar surface area (TPSA) is 76.4 Å². The van der Waals surface area contributed by atoms with Gasteiger partial charge in [0.25, 0.3) is 0 Å². The summed E-state index contributed by atoms with van der Waals surface area (Å²) in [6.45, 7) is 8.22. The van der Waals surface area contributed by atoms with Gasteiger partial charge >= 0.3 is 6.18 Å². The number of aryl methyl sites for hydroxylation is 1. The maximum Gasteiger partial charge on any atom is 0.420 e. The first-order chi connectivity index (χ1) is 15.2. The molecule has 2 aromatic rings. The summed E-state index contributed by atoms with van der Waals surface area (Å²) in [7, 11) is 0. The number of halogens is 3. The van der Waals surface area contributed by atoms with E-state index in [4.69, 9.17) is 14.7 Å². The van der Waals surface area contributed by atoms with Crippen LogP contribution in [0.15, 0.2) is 36.4 Å². The number of ether oxygens (including phenoxy) is 2. The highest BCUT2D eigenvalue weighted by atomic mass is 19.4. The zero-order valence-corrected chi connectivity index (χ0v) is 19.0. The van der Waals surface area contributed by atoms with Crippen molar-refractivity contribution in [2.45, 2.75) is 64.3 Å². The number of nitriles is 1. The van der Waals surface area contributed by atoms with Gasteiger partial charge < -0.3 is 9.47 Å². The Morgan fingerprint density at radius 3 is 2.15 bits per heavy atom. The third-order valence-corrected chi connectivity index (χ3v) is 5.67. The highest BCUT2D eigenvalue weighted by Gasteiger charge is 2.53. The van der Waals surface area contributed by atoms with Crippen LogP contribution in [-0.2, 0) is 26.9 Å². The summed E-state index contributed by atoms with van der Waals surface area (Å²) in [5.74, 6) is -2.42. The minimum absolute atomic E-state index is 0.0418. The Morgan fingerprint density at radius 1 is 1.03 bits per heavy atom.